The minimum absolute atomic E-state index is 0.0795. The molecule has 26 heavy (non-hydrogen) atoms. The largest absolute Gasteiger partial charge is 0.494 e. The van der Waals surface area contributed by atoms with Gasteiger partial charge in [0.05, 0.1) is 17.2 Å². The lowest BCUT2D eigenvalue weighted by Crippen LogP contribution is -2.42. The number of anilines is 1. The van der Waals surface area contributed by atoms with Crippen LogP contribution in [0.25, 0.3) is 0 Å². The van der Waals surface area contributed by atoms with E-state index in [9.17, 15) is 13.2 Å². The van der Waals surface area contributed by atoms with Crippen LogP contribution in [0.3, 0.4) is 0 Å². The smallest absolute Gasteiger partial charge is 0.264 e. The summed E-state index contributed by atoms with van der Waals surface area (Å²) in [5.41, 5.74) is 0.399. The van der Waals surface area contributed by atoms with Gasteiger partial charge in [-0.25, -0.2) is 8.42 Å². The molecule has 0 bridgehead atoms. The van der Waals surface area contributed by atoms with E-state index in [1.807, 2.05) is 20.8 Å². The lowest BCUT2D eigenvalue weighted by Gasteiger charge is -2.24. The van der Waals surface area contributed by atoms with Gasteiger partial charge in [0.1, 0.15) is 12.3 Å². The molecule has 0 spiro atoms. The summed E-state index contributed by atoms with van der Waals surface area (Å²) in [4.78, 5) is 12.4. The van der Waals surface area contributed by atoms with Gasteiger partial charge in [-0.1, -0.05) is 18.2 Å². The number of sulfonamides is 1. The van der Waals surface area contributed by atoms with Gasteiger partial charge in [-0.2, -0.15) is 0 Å². The van der Waals surface area contributed by atoms with E-state index in [2.05, 4.69) is 5.32 Å². The molecule has 0 aromatic heterocycles. The number of ether oxygens (including phenoxy) is 1. The Morgan fingerprint density at radius 2 is 1.69 bits per heavy atom. The average molecular weight is 376 g/mol. The Labute approximate surface area is 154 Å². The van der Waals surface area contributed by atoms with Gasteiger partial charge in [0.15, 0.2) is 0 Å². The molecule has 0 saturated heterocycles. The van der Waals surface area contributed by atoms with Gasteiger partial charge < -0.3 is 10.1 Å². The quantitative estimate of drug-likeness (QED) is 0.769. The first-order chi connectivity index (χ1) is 12.3. The number of nitrogens with one attached hydrogen (secondary N) is 1. The van der Waals surface area contributed by atoms with Crippen molar-refractivity contribution in [3.8, 4) is 5.75 Å². The molecule has 1 N–H and O–H groups in total. The van der Waals surface area contributed by atoms with E-state index in [-0.39, 0.29) is 23.4 Å². The fraction of sp³-hybridized carbons (Fsp3) is 0.316. The Morgan fingerprint density at radius 1 is 1.08 bits per heavy atom. The summed E-state index contributed by atoms with van der Waals surface area (Å²) < 4.78 is 32.7. The second-order valence-corrected chi connectivity index (χ2v) is 7.84. The number of benzene rings is 2. The van der Waals surface area contributed by atoms with Crippen LogP contribution in [0.5, 0.6) is 5.75 Å². The van der Waals surface area contributed by atoms with Crippen molar-refractivity contribution in [1.29, 1.82) is 0 Å². The third-order valence-corrected chi connectivity index (χ3v) is 5.29. The third kappa shape index (κ3) is 4.98. The lowest BCUT2D eigenvalue weighted by molar-refractivity contribution is -0.120. The Hall–Kier alpha value is -2.54. The van der Waals surface area contributed by atoms with Gasteiger partial charge >= 0.3 is 0 Å². The average Bonchev–Trinajstić information content (AvgIpc) is 2.61. The van der Waals surface area contributed by atoms with Crippen LogP contribution >= 0.6 is 0 Å². The Balaban J connectivity index is 2.40. The van der Waals surface area contributed by atoms with E-state index in [0.29, 0.717) is 18.0 Å². The van der Waals surface area contributed by atoms with E-state index in [1.54, 1.807) is 42.5 Å². The van der Waals surface area contributed by atoms with E-state index < -0.39 is 10.0 Å². The first-order valence-corrected chi connectivity index (χ1v) is 9.88. The normalized spacial score (nSPS) is 11.2. The molecular weight excluding hydrogens is 352 g/mol. The third-order valence-electron chi connectivity index (χ3n) is 3.50. The number of rotatable bonds is 8. The van der Waals surface area contributed by atoms with Crippen molar-refractivity contribution < 1.29 is 17.9 Å². The van der Waals surface area contributed by atoms with Gasteiger partial charge in [0.2, 0.25) is 5.91 Å². The van der Waals surface area contributed by atoms with Gasteiger partial charge in [0.25, 0.3) is 10.0 Å². The molecule has 0 aliphatic carbocycles. The molecule has 6 nitrogen and oxygen atoms in total. The van der Waals surface area contributed by atoms with Crippen molar-refractivity contribution in [1.82, 2.24) is 5.32 Å². The van der Waals surface area contributed by atoms with Crippen LogP contribution in [-0.4, -0.2) is 33.5 Å². The molecule has 2 aromatic rings. The van der Waals surface area contributed by atoms with Crippen LogP contribution in [0.1, 0.15) is 20.8 Å². The second kappa shape index (κ2) is 8.71. The van der Waals surface area contributed by atoms with E-state index in [1.165, 1.54) is 12.1 Å². The SMILES string of the molecule is CCOc1ccc(N(CC(=O)NC(C)C)S(=O)(=O)c2ccccc2)cc1. The number of hydrogen-bond donors (Lipinski definition) is 1. The molecule has 2 rings (SSSR count). The van der Waals surface area contributed by atoms with Crippen molar-refractivity contribution >= 4 is 21.6 Å². The van der Waals surface area contributed by atoms with Crippen LogP contribution in [0.15, 0.2) is 59.5 Å². The molecule has 0 saturated carbocycles. The molecule has 0 unspecified atom stereocenters. The van der Waals surface area contributed by atoms with Crippen LogP contribution in [0.4, 0.5) is 5.69 Å². The van der Waals surface area contributed by atoms with E-state index in [0.717, 1.165) is 4.31 Å². The molecule has 0 atom stereocenters. The van der Waals surface area contributed by atoms with Crippen molar-refractivity contribution in [2.45, 2.75) is 31.7 Å². The predicted octanol–water partition coefficient (Wildman–Crippen LogP) is 2.81. The summed E-state index contributed by atoms with van der Waals surface area (Å²) in [5, 5.41) is 2.73. The maximum absolute atomic E-state index is 13.1. The summed E-state index contributed by atoms with van der Waals surface area (Å²) in [6.45, 7) is 5.73. The lowest BCUT2D eigenvalue weighted by atomic mass is 10.3. The first-order valence-electron chi connectivity index (χ1n) is 8.44. The Bertz CT molecular complexity index is 818. The summed E-state index contributed by atoms with van der Waals surface area (Å²) in [7, 11) is -3.88. The molecule has 140 valence electrons. The fourth-order valence-corrected chi connectivity index (χ4v) is 3.85. The van der Waals surface area contributed by atoms with E-state index in [4.69, 9.17) is 4.74 Å². The van der Waals surface area contributed by atoms with Crippen LogP contribution in [0.2, 0.25) is 0 Å². The zero-order valence-corrected chi connectivity index (χ0v) is 16.0. The highest BCUT2D eigenvalue weighted by molar-refractivity contribution is 7.92. The maximum atomic E-state index is 13.1. The number of amides is 1. The van der Waals surface area contributed by atoms with Crippen molar-refractivity contribution in [2.24, 2.45) is 0 Å². The molecule has 7 heteroatoms. The van der Waals surface area contributed by atoms with Crippen molar-refractivity contribution in [3.05, 3.63) is 54.6 Å². The molecule has 1 amide bonds. The summed E-state index contributed by atoms with van der Waals surface area (Å²) in [6, 6.07) is 14.6. The Morgan fingerprint density at radius 3 is 2.23 bits per heavy atom. The summed E-state index contributed by atoms with van der Waals surface area (Å²) in [6.07, 6.45) is 0. The first kappa shape index (κ1) is 19.8. The van der Waals surface area contributed by atoms with Gasteiger partial charge in [-0.15, -0.1) is 0 Å². The maximum Gasteiger partial charge on any atom is 0.264 e. The molecule has 0 aliphatic rings. The minimum atomic E-state index is -3.88. The van der Waals surface area contributed by atoms with Gasteiger partial charge in [-0.05, 0) is 57.2 Å². The zero-order chi connectivity index (χ0) is 19.2. The zero-order valence-electron chi connectivity index (χ0n) is 15.2. The van der Waals surface area contributed by atoms with Crippen molar-refractivity contribution in [2.75, 3.05) is 17.5 Å². The molecule has 2 aromatic carbocycles. The van der Waals surface area contributed by atoms with Crippen LogP contribution < -0.4 is 14.4 Å². The molecule has 0 radical (unpaired) electrons. The Kier molecular flexibility index (Phi) is 6.63. The second-order valence-electron chi connectivity index (χ2n) is 5.97. The van der Waals surface area contributed by atoms with Gasteiger partial charge in [-0.3, -0.25) is 9.10 Å². The van der Waals surface area contributed by atoms with Crippen molar-refractivity contribution in [3.63, 3.8) is 0 Å². The number of nitrogens with zero attached hydrogens (tertiary/aromatic N) is 1. The monoisotopic (exact) mass is 376 g/mol. The molecule has 0 aliphatic heterocycles. The number of carbonyl (C=O) groups excluding carboxylic acids is 1. The van der Waals surface area contributed by atoms with Crippen LogP contribution in [0, 0.1) is 0 Å². The van der Waals surface area contributed by atoms with E-state index >= 15 is 0 Å². The highest BCUT2D eigenvalue weighted by atomic mass is 32.2. The van der Waals surface area contributed by atoms with Crippen LogP contribution in [-0.2, 0) is 14.8 Å². The summed E-state index contributed by atoms with van der Waals surface area (Å²) in [5.74, 6) is 0.272. The minimum Gasteiger partial charge on any atom is -0.494 e. The highest BCUT2D eigenvalue weighted by Crippen LogP contribution is 2.25. The molecular formula is C19H24N2O4S. The number of carbonyl (C=O) groups is 1. The standard InChI is InChI=1S/C19H24N2O4S/c1-4-25-17-12-10-16(11-13-17)21(14-19(22)20-15(2)3)26(23,24)18-8-6-5-7-9-18/h5-13,15H,4,14H2,1-3H3,(H,20,22). The number of hydrogen-bond acceptors (Lipinski definition) is 4. The highest BCUT2D eigenvalue weighted by Gasteiger charge is 2.27. The molecule has 0 fully saturated rings. The van der Waals surface area contributed by atoms with Gasteiger partial charge in [0, 0.05) is 6.04 Å². The summed E-state index contributed by atoms with van der Waals surface area (Å²) >= 11 is 0. The fourth-order valence-electron chi connectivity index (χ4n) is 2.41. The predicted molar refractivity (Wildman–Crippen MR) is 102 cm³/mol. The molecule has 0 heterocycles. The topological polar surface area (TPSA) is 75.7 Å².